The van der Waals surface area contributed by atoms with Crippen LogP contribution < -0.4 is 0 Å². The van der Waals surface area contributed by atoms with E-state index in [2.05, 4.69) is 26.2 Å². The first-order valence-electron chi connectivity index (χ1n) is 7.86. The van der Waals surface area contributed by atoms with Gasteiger partial charge < -0.3 is 4.90 Å². The molecule has 0 unspecified atom stereocenters. The van der Waals surface area contributed by atoms with Gasteiger partial charge in [0, 0.05) is 47.6 Å². The first kappa shape index (κ1) is 12.8. The quantitative estimate of drug-likeness (QED) is 0.787. The maximum atomic E-state index is 12.3. The van der Waals surface area contributed by atoms with E-state index >= 15 is 0 Å². The molecule has 2 aliphatic rings. The van der Waals surface area contributed by atoms with Crippen molar-refractivity contribution in [2.24, 2.45) is 5.92 Å². The highest BCUT2D eigenvalue weighted by atomic mass is 16.2. The number of hydrogen-bond donors (Lipinski definition) is 1. The molecule has 5 rings (SSSR count). The van der Waals surface area contributed by atoms with E-state index < -0.39 is 0 Å². The molecule has 1 N–H and O–H groups in total. The second-order valence-electron chi connectivity index (χ2n) is 6.24. The molecule has 1 saturated carbocycles. The predicted octanol–water partition coefficient (Wildman–Crippen LogP) is 2.14. The summed E-state index contributed by atoms with van der Waals surface area (Å²) in [4.78, 5) is 22.8. The SMILES string of the molecule is O=C(C1CC1)N1CC=C(c2[nH]ncc3cnc4nccc4c23)C1. The van der Waals surface area contributed by atoms with Gasteiger partial charge >= 0.3 is 0 Å². The topological polar surface area (TPSA) is 74.8 Å². The number of H-pyrrole nitrogens is 1. The number of nitrogens with zero attached hydrogens (tertiary/aromatic N) is 4. The van der Waals surface area contributed by atoms with E-state index in [1.807, 2.05) is 11.0 Å². The number of carbonyl (C=O) groups is 1. The van der Waals surface area contributed by atoms with Gasteiger partial charge in [-0.15, -0.1) is 0 Å². The van der Waals surface area contributed by atoms with Crippen molar-refractivity contribution in [3.63, 3.8) is 0 Å². The van der Waals surface area contributed by atoms with Crippen LogP contribution in [0, 0.1) is 5.92 Å². The van der Waals surface area contributed by atoms with E-state index in [-0.39, 0.29) is 11.8 Å². The lowest BCUT2D eigenvalue weighted by Crippen LogP contribution is -2.30. The second-order valence-corrected chi connectivity index (χ2v) is 6.24. The van der Waals surface area contributed by atoms with Crippen LogP contribution in [0.25, 0.3) is 27.4 Å². The number of hydrogen-bond acceptors (Lipinski definition) is 4. The number of rotatable bonds is 2. The first-order valence-corrected chi connectivity index (χ1v) is 7.86. The zero-order valence-electron chi connectivity index (χ0n) is 12.5. The van der Waals surface area contributed by atoms with Crippen LogP contribution in [0.3, 0.4) is 0 Å². The first-order chi connectivity index (χ1) is 11.3. The Morgan fingerprint density at radius 1 is 1.26 bits per heavy atom. The van der Waals surface area contributed by atoms with Crippen LogP contribution in [0.2, 0.25) is 0 Å². The molecule has 0 saturated heterocycles. The number of nitrogens with one attached hydrogen (secondary N) is 1. The third-order valence-electron chi connectivity index (χ3n) is 4.67. The van der Waals surface area contributed by atoms with Gasteiger partial charge in [0.05, 0.1) is 11.9 Å². The maximum absolute atomic E-state index is 12.3. The Morgan fingerprint density at radius 2 is 2.17 bits per heavy atom. The van der Waals surface area contributed by atoms with Gasteiger partial charge in [0.25, 0.3) is 0 Å². The van der Waals surface area contributed by atoms with Gasteiger partial charge in [-0.25, -0.2) is 9.97 Å². The summed E-state index contributed by atoms with van der Waals surface area (Å²) in [6.45, 7) is 1.33. The molecular formula is C17H15N5O. The van der Waals surface area contributed by atoms with E-state index in [9.17, 15) is 4.79 Å². The Kier molecular flexibility index (Phi) is 2.56. The molecule has 1 fully saturated rings. The molecular weight excluding hydrogens is 290 g/mol. The summed E-state index contributed by atoms with van der Waals surface area (Å²) >= 11 is 0. The largest absolute Gasteiger partial charge is 0.334 e. The van der Waals surface area contributed by atoms with Crippen LogP contribution >= 0.6 is 0 Å². The van der Waals surface area contributed by atoms with E-state index in [0.717, 1.165) is 45.9 Å². The molecule has 1 amide bonds. The van der Waals surface area contributed by atoms with Gasteiger partial charge in [0.15, 0.2) is 5.65 Å². The summed E-state index contributed by atoms with van der Waals surface area (Å²) in [5, 5.41) is 10.4. The van der Waals surface area contributed by atoms with Crippen molar-refractivity contribution < 1.29 is 4.79 Å². The Bertz CT molecular complexity index is 969. The Morgan fingerprint density at radius 3 is 3.04 bits per heavy atom. The Labute approximate surface area is 132 Å². The highest BCUT2D eigenvalue weighted by molar-refractivity contribution is 6.09. The molecule has 6 nitrogen and oxygen atoms in total. The van der Waals surface area contributed by atoms with E-state index in [1.165, 1.54) is 0 Å². The van der Waals surface area contributed by atoms with Crippen molar-refractivity contribution >= 4 is 33.3 Å². The number of fused-ring (bicyclic) bond motifs is 3. The fourth-order valence-corrected chi connectivity index (χ4v) is 3.30. The molecule has 23 heavy (non-hydrogen) atoms. The van der Waals surface area contributed by atoms with Crippen LogP contribution in [0.4, 0.5) is 0 Å². The van der Waals surface area contributed by atoms with E-state index in [0.29, 0.717) is 13.1 Å². The molecule has 114 valence electrons. The normalized spacial score (nSPS) is 17.9. The van der Waals surface area contributed by atoms with Gasteiger partial charge in [0.2, 0.25) is 5.91 Å². The third-order valence-corrected chi connectivity index (χ3v) is 4.67. The fraction of sp³-hybridized carbons (Fsp3) is 0.294. The van der Waals surface area contributed by atoms with Crippen molar-refractivity contribution in [2.45, 2.75) is 12.8 Å². The summed E-state index contributed by atoms with van der Waals surface area (Å²) in [7, 11) is 0. The lowest BCUT2D eigenvalue weighted by atomic mass is 10.0. The zero-order valence-corrected chi connectivity index (χ0v) is 12.5. The average Bonchev–Trinajstić information content (AvgIpc) is 3.12. The highest BCUT2D eigenvalue weighted by Crippen LogP contribution is 2.34. The summed E-state index contributed by atoms with van der Waals surface area (Å²) in [5.74, 6) is 0.541. The number of aromatic amines is 1. The standard InChI is InChI=1S/C17H15N5O/c23-17(10-1-2-10)22-6-4-11(9-22)15-14-12(8-20-21-15)7-19-16-13(14)3-5-18-16/h3-5,7-8,10,21H,1-2,6,9H2. The fourth-order valence-electron chi connectivity index (χ4n) is 3.30. The number of amides is 1. The van der Waals surface area contributed by atoms with Crippen LogP contribution in [0.15, 0.2) is 30.7 Å². The van der Waals surface area contributed by atoms with Crippen LogP contribution in [0.5, 0.6) is 0 Å². The van der Waals surface area contributed by atoms with Crippen molar-refractivity contribution in [1.29, 1.82) is 0 Å². The lowest BCUT2D eigenvalue weighted by molar-refractivity contribution is -0.131. The average molecular weight is 305 g/mol. The van der Waals surface area contributed by atoms with Gasteiger partial charge in [-0.2, -0.15) is 5.10 Å². The van der Waals surface area contributed by atoms with Gasteiger partial charge in [-0.1, -0.05) is 6.08 Å². The van der Waals surface area contributed by atoms with Crippen molar-refractivity contribution in [3.8, 4) is 0 Å². The molecule has 4 heterocycles. The zero-order chi connectivity index (χ0) is 15.4. The van der Waals surface area contributed by atoms with Gasteiger partial charge in [-0.3, -0.25) is 9.89 Å². The Hall–Kier alpha value is -2.76. The minimum atomic E-state index is 0.257. The molecule has 1 aliphatic heterocycles. The van der Waals surface area contributed by atoms with Crippen molar-refractivity contribution in [2.75, 3.05) is 13.1 Å². The minimum Gasteiger partial charge on any atom is -0.334 e. The summed E-state index contributed by atoms with van der Waals surface area (Å²) in [6, 6.07) is 1.98. The molecule has 1 aliphatic carbocycles. The summed E-state index contributed by atoms with van der Waals surface area (Å²) < 4.78 is 0. The monoisotopic (exact) mass is 305 g/mol. The van der Waals surface area contributed by atoms with Crippen molar-refractivity contribution in [1.82, 2.24) is 25.1 Å². The molecule has 6 heteroatoms. The predicted molar refractivity (Wildman–Crippen MR) is 86.5 cm³/mol. The molecule has 0 spiro atoms. The molecule has 3 aromatic rings. The van der Waals surface area contributed by atoms with Crippen LogP contribution in [0.1, 0.15) is 18.5 Å². The molecule has 3 aromatic heterocycles. The Balaban J connectivity index is 1.60. The molecule has 0 aromatic carbocycles. The minimum absolute atomic E-state index is 0.257. The summed E-state index contributed by atoms with van der Waals surface area (Å²) in [6.07, 6.45) is 9.55. The van der Waals surface area contributed by atoms with Crippen molar-refractivity contribution in [3.05, 3.63) is 36.4 Å². The van der Waals surface area contributed by atoms with E-state index in [1.54, 1.807) is 18.6 Å². The van der Waals surface area contributed by atoms with Gasteiger partial charge in [-0.05, 0) is 24.5 Å². The number of carbonyl (C=O) groups excluding carboxylic acids is 1. The van der Waals surface area contributed by atoms with Crippen LogP contribution in [-0.2, 0) is 4.79 Å². The smallest absolute Gasteiger partial charge is 0.226 e. The highest BCUT2D eigenvalue weighted by Gasteiger charge is 2.35. The maximum Gasteiger partial charge on any atom is 0.226 e. The number of pyridine rings is 1. The molecule has 0 atom stereocenters. The third kappa shape index (κ3) is 1.94. The second kappa shape index (κ2) is 4.62. The van der Waals surface area contributed by atoms with Crippen LogP contribution in [-0.4, -0.2) is 44.1 Å². The summed E-state index contributed by atoms with van der Waals surface area (Å²) in [5.41, 5.74) is 2.82. The van der Waals surface area contributed by atoms with Gasteiger partial charge in [0.1, 0.15) is 0 Å². The number of aromatic nitrogens is 4. The molecule has 0 radical (unpaired) electrons. The van der Waals surface area contributed by atoms with E-state index in [4.69, 9.17) is 0 Å². The molecule has 0 bridgehead atoms. The lowest BCUT2D eigenvalue weighted by Gasteiger charge is -2.16.